The Kier molecular flexibility index (Phi) is 5.49. The Morgan fingerprint density at radius 3 is 2.78 bits per heavy atom. The van der Waals surface area contributed by atoms with Crippen LogP contribution in [-0.4, -0.2) is 23.8 Å². The van der Waals surface area contributed by atoms with Crippen LogP contribution in [0.15, 0.2) is 16.6 Å². The average Bonchev–Trinajstić information content (AvgIpc) is 2.25. The molecule has 100 valence electrons. The van der Waals surface area contributed by atoms with Crippen LogP contribution < -0.4 is 10.6 Å². The van der Waals surface area contributed by atoms with Gasteiger partial charge in [0.25, 0.3) is 0 Å². The minimum atomic E-state index is -0.749. The summed E-state index contributed by atoms with van der Waals surface area (Å²) in [6.45, 7) is 1.62. The molecule has 0 aliphatic heterocycles. The molecule has 1 aromatic rings. The van der Waals surface area contributed by atoms with Crippen molar-refractivity contribution in [2.24, 2.45) is 0 Å². The third-order valence-electron chi connectivity index (χ3n) is 2.18. The maximum atomic E-state index is 13.5. The lowest BCUT2D eigenvalue weighted by Crippen LogP contribution is -2.36. The van der Waals surface area contributed by atoms with E-state index in [1.165, 1.54) is 0 Å². The number of urea groups is 1. The van der Waals surface area contributed by atoms with E-state index in [-0.39, 0.29) is 22.8 Å². The highest BCUT2D eigenvalue weighted by Crippen LogP contribution is 2.24. The zero-order valence-corrected chi connectivity index (χ0v) is 11.2. The molecule has 0 heterocycles. The van der Waals surface area contributed by atoms with E-state index < -0.39 is 17.7 Å². The highest BCUT2D eigenvalue weighted by atomic mass is 79.9. The Hall–Kier alpha value is -1.21. The van der Waals surface area contributed by atoms with Gasteiger partial charge >= 0.3 is 6.03 Å². The first-order valence-electron chi connectivity index (χ1n) is 5.27. The van der Waals surface area contributed by atoms with Gasteiger partial charge in [0, 0.05) is 18.7 Å². The molecule has 0 fully saturated rings. The molecular weight excluding hydrogens is 310 g/mol. The summed E-state index contributed by atoms with van der Waals surface area (Å²) in [6, 6.07) is 0.922. The fourth-order valence-electron chi connectivity index (χ4n) is 1.29. The van der Waals surface area contributed by atoms with Crippen LogP contribution in [0.3, 0.4) is 0 Å². The predicted octanol–water partition coefficient (Wildman–Crippen LogP) is 2.62. The number of hydrogen-bond acceptors (Lipinski definition) is 2. The van der Waals surface area contributed by atoms with E-state index in [9.17, 15) is 13.6 Å². The van der Waals surface area contributed by atoms with Crippen LogP contribution in [0.2, 0.25) is 0 Å². The van der Waals surface area contributed by atoms with Crippen molar-refractivity contribution < 1.29 is 18.7 Å². The Morgan fingerprint density at radius 2 is 2.17 bits per heavy atom. The van der Waals surface area contributed by atoms with Crippen LogP contribution >= 0.6 is 15.9 Å². The largest absolute Gasteiger partial charge is 0.396 e. The topological polar surface area (TPSA) is 61.4 Å². The van der Waals surface area contributed by atoms with Crippen LogP contribution in [0, 0.1) is 11.6 Å². The van der Waals surface area contributed by atoms with E-state index >= 15 is 0 Å². The number of halogens is 3. The summed E-state index contributed by atoms with van der Waals surface area (Å²) < 4.78 is 26.5. The number of anilines is 1. The van der Waals surface area contributed by atoms with Gasteiger partial charge in [0.1, 0.15) is 5.82 Å². The molecule has 0 aliphatic rings. The molecule has 2 amide bonds. The summed E-state index contributed by atoms with van der Waals surface area (Å²) >= 11 is 2.84. The van der Waals surface area contributed by atoms with Gasteiger partial charge in [-0.1, -0.05) is 0 Å². The van der Waals surface area contributed by atoms with Crippen LogP contribution in [0.4, 0.5) is 19.3 Å². The monoisotopic (exact) mass is 322 g/mol. The molecule has 0 saturated heterocycles. The quantitative estimate of drug-likeness (QED) is 0.746. The zero-order chi connectivity index (χ0) is 13.7. The van der Waals surface area contributed by atoms with E-state index in [4.69, 9.17) is 5.11 Å². The second-order valence-corrected chi connectivity index (χ2v) is 4.62. The summed E-state index contributed by atoms with van der Waals surface area (Å²) in [5, 5.41) is 13.4. The summed E-state index contributed by atoms with van der Waals surface area (Å²) in [7, 11) is 0. The van der Waals surface area contributed by atoms with Gasteiger partial charge in [-0.15, -0.1) is 0 Å². The molecule has 0 aromatic heterocycles. The minimum Gasteiger partial charge on any atom is -0.396 e. The molecule has 0 spiro atoms. The van der Waals surface area contributed by atoms with Gasteiger partial charge in [-0.25, -0.2) is 13.6 Å². The molecule has 0 unspecified atom stereocenters. The highest BCUT2D eigenvalue weighted by molar-refractivity contribution is 9.10. The van der Waals surface area contributed by atoms with Crippen molar-refractivity contribution in [2.45, 2.75) is 19.4 Å². The first-order chi connectivity index (χ1) is 8.43. The van der Waals surface area contributed by atoms with Gasteiger partial charge in [-0.2, -0.15) is 0 Å². The van der Waals surface area contributed by atoms with Crippen molar-refractivity contribution in [1.29, 1.82) is 0 Å². The Labute approximate surface area is 112 Å². The predicted molar refractivity (Wildman–Crippen MR) is 67.4 cm³/mol. The third-order valence-corrected chi connectivity index (χ3v) is 2.76. The SMILES string of the molecule is C[C@H](CCO)NC(=O)Nc1cc(F)cc(Br)c1F. The van der Waals surface area contributed by atoms with Crippen molar-refractivity contribution in [3.8, 4) is 0 Å². The second-order valence-electron chi connectivity index (χ2n) is 3.76. The molecule has 0 bridgehead atoms. The van der Waals surface area contributed by atoms with Gasteiger partial charge in [-0.3, -0.25) is 0 Å². The van der Waals surface area contributed by atoms with Crippen LogP contribution in [0.1, 0.15) is 13.3 Å². The van der Waals surface area contributed by atoms with Crippen LogP contribution in [-0.2, 0) is 0 Å². The highest BCUT2D eigenvalue weighted by Gasteiger charge is 2.13. The van der Waals surface area contributed by atoms with Gasteiger partial charge in [0.15, 0.2) is 5.82 Å². The lowest BCUT2D eigenvalue weighted by atomic mass is 10.2. The lowest BCUT2D eigenvalue weighted by Gasteiger charge is -2.14. The molecular formula is C11H13BrF2N2O2. The maximum Gasteiger partial charge on any atom is 0.319 e. The van der Waals surface area contributed by atoms with Crippen molar-refractivity contribution in [3.63, 3.8) is 0 Å². The molecule has 4 nitrogen and oxygen atoms in total. The third kappa shape index (κ3) is 4.23. The molecule has 1 atom stereocenters. The Bertz CT molecular complexity index is 443. The smallest absolute Gasteiger partial charge is 0.319 e. The molecule has 7 heteroatoms. The van der Waals surface area contributed by atoms with Gasteiger partial charge in [0.2, 0.25) is 0 Å². The standard InChI is InChI=1S/C11H13BrF2N2O2/c1-6(2-3-17)15-11(18)16-9-5-7(13)4-8(12)10(9)14/h4-6,17H,2-3H2,1H3,(H2,15,16,18)/t6-/m1/s1. The molecule has 18 heavy (non-hydrogen) atoms. The number of nitrogens with one attached hydrogen (secondary N) is 2. The number of rotatable bonds is 4. The van der Waals surface area contributed by atoms with Gasteiger partial charge < -0.3 is 15.7 Å². The van der Waals surface area contributed by atoms with Crippen molar-refractivity contribution in [3.05, 3.63) is 28.2 Å². The van der Waals surface area contributed by atoms with E-state index in [2.05, 4.69) is 26.6 Å². The number of carbonyl (C=O) groups excluding carboxylic acids is 1. The fraction of sp³-hybridized carbons (Fsp3) is 0.364. The van der Waals surface area contributed by atoms with Crippen LogP contribution in [0.5, 0.6) is 0 Å². The molecule has 0 radical (unpaired) electrons. The number of aliphatic hydroxyl groups is 1. The van der Waals surface area contributed by atoms with E-state index in [0.717, 1.165) is 12.1 Å². The molecule has 3 N–H and O–H groups in total. The number of carbonyl (C=O) groups is 1. The van der Waals surface area contributed by atoms with E-state index in [1.54, 1.807) is 6.92 Å². The van der Waals surface area contributed by atoms with Crippen molar-refractivity contribution in [2.75, 3.05) is 11.9 Å². The maximum absolute atomic E-state index is 13.5. The first kappa shape index (κ1) is 14.8. The Balaban J connectivity index is 2.70. The lowest BCUT2D eigenvalue weighted by molar-refractivity contribution is 0.241. The van der Waals surface area contributed by atoms with Gasteiger partial charge in [-0.05, 0) is 35.3 Å². The Morgan fingerprint density at radius 1 is 1.50 bits per heavy atom. The van der Waals surface area contributed by atoms with Crippen LogP contribution in [0.25, 0.3) is 0 Å². The summed E-state index contributed by atoms with van der Waals surface area (Å²) in [5.74, 6) is -1.41. The summed E-state index contributed by atoms with van der Waals surface area (Å²) in [6.07, 6.45) is 0.378. The molecule has 0 saturated carbocycles. The molecule has 1 rings (SSSR count). The fourth-order valence-corrected chi connectivity index (χ4v) is 1.73. The van der Waals surface area contributed by atoms with Crippen molar-refractivity contribution >= 4 is 27.6 Å². The van der Waals surface area contributed by atoms with E-state index in [0.29, 0.717) is 6.42 Å². The number of hydrogen-bond donors (Lipinski definition) is 3. The zero-order valence-electron chi connectivity index (χ0n) is 9.64. The average molecular weight is 323 g/mol. The summed E-state index contributed by atoms with van der Waals surface area (Å²) in [4.78, 5) is 11.5. The normalized spacial score (nSPS) is 12.1. The molecule has 0 aliphatic carbocycles. The number of aliphatic hydroxyl groups excluding tert-OH is 1. The molecule has 1 aromatic carbocycles. The second kappa shape index (κ2) is 6.65. The number of amides is 2. The first-order valence-corrected chi connectivity index (χ1v) is 6.06. The minimum absolute atomic E-state index is 0.0681. The van der Waals surface area contributed by atoms with E-state index in [1.807, 2.05) is 0 Å². The van der Waals surface area contributed by atoms with Gasteiger partial charge in [0.05, 0.1) is 10.2 Å². The van der Waals surface area contributed by atoms with Crippen molar-refractivity contribution in [1.82, 2.24) is 5.32 Å². The number of benzene rings is 1. The summed E-state index contributed by atoms with van der Waals surface area (Å²) in [5.41, 5.74) is -0.254.